The predicted octanol–water partition coefficient (Wildman–Crippen LogP) is 3.57. The van der Waals surface area contributed by atoms with Gasteiger partial charge in [-0.3, -0.25) is 28.6 Å². The van der Waals surface area contributed by atoms with E-state index in [1.807, 2.05) is 0 Å². The van der Waals surface area contributed by atoms with Crippen LogP contribution in [0, 0.1) is 25.6 Å². The SMILES string of the molecule is Cc1ccc(Nc2c(C(=O)N(C)C3CC3)c(N(C=O)c3cccc(NC(=O)C4CNC4)c3)c(C)c(=O)n2C)c(F)c1. The van der Waals surface area contributed by atoms with E-state index in [9.17, 15) is 23.6 Å². The van der Waals surface area contributed by atoms with E-state index in [2.05, 4.69) is 16.0 Å². The first-order chi connectivity index (χ1) is 19.6. The van der Waals surface area contributed by atoms with Crippen LogP contribution in [0.25, 0.3) is 0 Å². The average Bonchev–Trinajstić information content (AvgIpc) is 3.75. The molecule has 0 atom stereocenters. The summed E-state index contributed by atoms with van der Waals surface area (Å²) in [6, 6.07) is 11.3. The lowest BCUT2D eigenvalue weighted by Gasteiger charge is -2.29. The fourth-order valence-electron chi connectivity index (χ4n) is 4.92. The summed E-state index contributed by atoms with van der Waals surface area (Å²) in [6.45, 7) is 4.49. The highest BCUT2D eigenvalue weighted by molar-refractivity contribution is 6.09. The van der Waals surface area contributed by atoms with Gasteiger partial charge in [0, 0.05) is 44.5 Å². The van der Waals surface area contributed by atoms with Crippen molar-refractivity contribution in [2.75, 3.05) is 35.7 Å². The molecule has 5 rings (SSSR count). The molecule has 1 saturated carbocycles. The van der Waals surface area contributed by atoms with E-state index in [1.165, 1.54) is 28.6 Å². The Hall–Kier alpha value is -4.51. The van der Waals surface area contributed by atoms with Crippen LogP contribution in [0.4, 0.5) is 33.0 Å². The Bertz CT molecular complexity index is 1590. The number of nitrogens with one attached hydrogen (secondary N) is 3. The highest BCUT2D eigenvalue weighted by Gasteiger charge is 2.36. The van der Waals surface area contributed by atoms with Crippen LogP contribution in [0.1, 0.15) is 34.3 Å². The molecule has 0 spiro atoms. The largest absolute Gasteiger partial charge is 0.339 e. The van der Waals surface area contributed by atoms with E-state index in [1.54, 1.807) is 56.1 Å². The van der Waals surface area contributed by atoms with Gasteiger partial charge in [-0.25, -0.2) is 4.39 Å². The monoisotopic (exact) mass is 560 g/mol. The zero-order valence-corrected chi connectivity index (χ0v) is 23.5. The number of anilines is 5. The first kappa shape index (κ1) is 28.0. The van der Waals surface area contributed by atoms with Crippen molar-refractivity contribution in [2.24, 2.45) is 13.0 Å². The van der Waals surface area contributed by atoms with Gasteiger partial charge in [0.05, 0.1) is 23.0 Å². The van der Waals surface area contributed by atoms with Gasteiger partial charge in [-0.15, -0.1) is 0 Å². The molecule has 1 saturated heterocycles. The minimum absolute atomic E-state index is 0.0288. The highest BCUT2D eigenvalue weighted by Crippen LogP contribution is 2.38. The van der Waals surface area contributed by atoms with Crippen LogP contribution in [-0.2, 0) is 16.6 Å². The van der Waals surface area contributed by atoms with Crippen molar-refractivity contribution in [2.45, 2.75) is 32.7 Å². The zero-order chi connectivity index (χ0) is 29.4. The molecule has 10 nitrogen and oxygen atoms in total. The van der Waals surface area contributed by atoms with E-state index < -0.39 is 17.3 Å². The van der Waals surface area contributed by atoms with E-state index in [0.29, 0.717) is 36.4 Å². The molecule has 3 aromatic rings. The van der Waals surface area contributed by atoms with Crippen LogP contribution in [0.3, 0.4) is 0 Å². The number of amides is 3. The molecule has 2 aromatic carbocycles. The Kier molecular flexibility index (Phi) is 7.63. The van der Waals surface area contributed by atoms with E-state index >= 15 is 0 Å². The molecule has 11 heteroatoms. The Morgan fingerprint density at radius 2 is 1.85 bits per heavy atom. The summed E-state index contributed by atoms with van der Waals surface area (Å²) in [4.78, 5) is 55.6. The predicted molar refractivity (Wildman–Crippen MR) is 156 cm³/mol. The van der Waals surface area contributed by atoms with Crippen molar-refractivity contribution in [3.05, 3.63) is 75.3 Å². The fraction of sp³-hybridized carbons (Fsp3) is 0.333. The molecular formula is C30H33FN6O4. The van der Waals surface area contributed by atoms with Crippen LogP contribution in [0.2, 0.25) is 0 Å². The second kappa shape index (κ2) is 11.2. The molecule has 3 amide bonds. The van der Waals surface area contributed by atoms with Gasteiger partial charge in [-0.1, -0.05) is 12.1 Å². The van der Waals surface area contributed by atoms with Crippen molar-refractivity contribution in [3.63, 3.8) is 0 Å². The lowest BCUT2D eigenvalue weighted by Crippen LogP contribution is -2.48. The topological polar surface area (TPSA) is 116 Å². The van der Waals surface area contributed by atoms with E-state index in [0.717, 1.165) is 12.8 Å². The summed E-state index contributed by atoms with van der Waals surface area (Å²) < 4.78 is 16.2. The minimum Gasteiger partial charge on any atom is -0.339 e. The first-order valence-corrected chi connectivity index (χ1v) is 13.5. The van der Waals surface area contributed by atoms with Gasteiger partial charge >= 0.3 is 0 Å². The Morgan fingerprint density at radius 3 is 2.46 bits per heavy atom. The molecule has 214 valence electrons. The Labute approximate surface area is 237 Å². The summed E-state index contributed by atoms with van der Waals surface area (Å²) in [5.74, 6) is -1.18. The van der Waals surface area contributed by atoms with Crippen LogP contribution in [0.15, 0.2) is 47.3 Å². The van der Waals surface area contributed by atoms with E-state index in [-0.39, 0.29) is 46.2 Å². The summed E-state index contributed by atoms with van der Waals surface area (Å²) in [6.07, 6.45) is 2.21. The number of pyridine rings is 1. The average molecular weight is 561 g/mol. The second-order valence-electron chi connectivity index (χ2n) is 10.7. The molecule has 2 aliphatic rings. The van der Waals surface area contributed by atoms with Gasteiger partial charge in [-0.05, 0) is 62.6 Å². The van der Waals surface area contributed by atoms with Gasteiger partial charge in [0.25, 0.3) is 11.5 Å². The van der Waals surface area contributed by atoms with Crippen LogP contribution >= 0.6 is 0 Å². The van der Waals surface area contributed by atoms with Gasteiger partial charge in [0.1, 0.15) is 17.2 Å². The number of aryl methyl sites for hydroxylation is 1. The third kappa shape index (κ3) is 5.45. The zero-order valence-electron chi connectivity index (χ0n) is 23.5. The lowest BCUT2D eigenvalue weighted by molar-refractivity contribution is -0.121. The van der Waals surface area contributed by atoms with Crippen LogP contribution in [0.5, 0.6) is 0 Å². The minimum atomic E-state index is -0.550. The van der Waals surface area contributed by atoms with Gasteiger partial charge in [0.15, 0.2) is 0 Å². The molecule has 41 heavy (non-hydrogen) atoms. The summed E-state index contributed by atoms with van der Waals surface area (Å²) in [5, 5.41) is 8.89. The highest BCUT2D eigenvalue weighted by atomic mass is 19.1. The number of benzene rings is 2. The molecule has 2 heterocycles. The van der Waals surface area contributed by atoms with Crippen molar-refractivity contribution in [1.29, 1.82) is 0 Å². The number of hydrogen-bond donors (Lipinski definition) is 3. The number of aromatic nitrogens is 1. The summed E-state index contributed by atoms with van der Waals surface area (Å²) in [7, 11) is 3.18. The maximum atomic E-state index is 15.0. The molecular weight excluding hydrogens is 527 g/mol. The smallest absolute Gasteiger partial charge is 0.259 e. The van der Waals surface area contributed by atoms with Crippen molar-refractivity contribution in [3.8, 4) is 0 Å². The third-order valence-corrected chi connectivity index (χ3v) is 7.69. The standard InChI is InChI=1S/C30H33FN6O4/c1-17-8-11-24(23(31)12-17)34-27-25(30(41)35(3)21-9-10-21)26(18(2)29(40)36(27)4)37(16-38)22-7-5-6-20(13-22)33-28(39)19-14-32-15-19/h5-8,11-13,16,19,21,32,34H,9-10,14-15H2,1-4H3,(H,33,39). The number of carbonyl (C=O) groups is 3. The van der Waals surface area contributed by atoms with Gasteiger partial charge < -0.3 is 20.9 Å². The fourth-order valence-corrected chi connectivity index (χ4v) is 4.92. The summed E-state index contributed by atoms with van der Waals surface area (Å²) >= 11 is 0. The van der Waals surface area contributed by atoms with Gasteiger partial charge in [-0.2, -0.15) is 0 Å². The van der Waals surface area contributed by atoms with Crippen molar-refractivity contribution in [1.82, 2.24) is 14.8 Å². The lowest BCUT2D eigenvalue weighted by atomic mass is 10.0. The maximum absolute atomic E-state index is 15.0. The number of nitrogens with zero attached hydrogens (tertiary/aromatic N) is 3. The van der Waals surface area contributed by atoms with Crippen LogP contribution in [-0.4, -0.2) is 53.9 Å². The Balaban J connectivity index is 1.66. The summed E-state index contributed by atoms with van der Waals surface area (Å²) in [5.41, 5.74) is 1.45. The quantitative estimate of drug-likeness (QED) is 0.345. The number of halogens is 1. The molecule has 1 aliphatic heterocycles. The second-order valence-corrected chi connectivity index (χ2v) is 10.7. The molecule has 0 bridgehead atoms. The van der Waals surface area contributed by atoms with E-state index in [4.69, 9.17) is 0 Å². The molecule has 1 aliphatic carbocycles. The third-order valence-electron chi connectivity index (χ3n) is 7.69. The Morgan fingerprint density at radius 1 is 1.12 bits per heavy atom. The molecule has 1 aromatic heterocycles. The first-order valence-electron chi connectivity index (χ1n) is 13.5. The molecule has 2 fully saturated rings. The van der Waals surface area contributed by atoms with Gasteiger partial charge in [0.2, 0.25) is 12.3 Å². The molecule has 0 unspecified atom stereocenters. The normalized spacial score (nSPS) is 14.7. The molecule has 0 radical (unpaired) electrons. The van der Waals surface area contributed by atoms with Crippen molar-refractivity contribution < 1.29 is 18.8 Å². The van der Waals surface area contributed by atoms with Crippen molar-refractivity contribution >= 4 is 46.8 Å². The number of carbonyl (C=O) groups excluding carboxylic acids is 3. The maximum Gasteiger partial charge on any atom is 0.259 e. The number of hydrogen-bond acceptors (Lipinski definition) is 6. The van der Waals surface area contributed by atoms with Crippen LogP contribution < -0.4 is 26.4 Å². The molecule has 3 N–H and O–H groups in total. The number of rotatable bonds is 9.